The van der Waals surface area contributed by atoms with E-state index in [-0.39, 0.29) is 29.8 Å². The number of carbonyl (C=O) groups excluding carboxylic acids is 1. The van der Waals surface area contributed by atoms with Crippen molar-refractivity contribution in [2.45, 2.75) is 26.4 Å². The number of fused-ring (bicyclic) bond motifs is 2. The van der Waals surface area contributed by atoms with Crippen LogP contribution in [0.5, 0.6) is 11.5 Å². The summed E-state index contributed by atoms with van der Waals surface area (Å²) in [5.41, 5.74) is 1.43. The topological polar surface area (TPSA) is 82.5 Å². The monoisotopic (exact) mass is 393 g/mol. The maximum Gasteiger partial charge on any atom is 0.242 e. The van der Waals surface area contributed by atoms with E-state index in [0.29, 0.717) is 29.9 Å². The van der Waals surface area contributed by atoms with Crippen molar-refractivity contribution in [2.24, 2.45) is 5.92 Å². The zero-order valence-electron chi connectivity index (χ0n) is 16.4. The summed E-state index contributed by atoms with van der Waals surface area (Å²) in [5.74, 6) is 1.40. The van der Waals surface area contributed by atoms with Crippen LogP contribution < -0.4 is 20.2 Å². The number of ether oxygens (including phenoxy) is 2. The van der Waals surface area contributed by atoms with Gasteiger partial charge in [-0.05, 0) is 35.7 Å². The zero-order valence-corrected chi connectivity index (χ0v) is 16.4. The van der Waals surface area contributed by atoms with Crippen molar-refractivity contribution in [3.05, 3.63) is 64.4 Å². The van der Waals surface area contributed by atoms with E-state index in [9.17, 15) is 9.59 Å². The third-order valence-corrected chi connectivity index (χ3v) is 4.96. The quantitative estimate of drug-likeness (QED) is 0.721. The Morgan fingerprint density at radius 2 is 1.90 bits per heavy atom. The summed E-state index contributed by atoms with van der Waals surface area (Å²) in [6.45, 7) is 5.18. The van der Waals surface area contributed by atoms with Gasteiger partial charge in [0.2, 0.25) is 11.3 Å². The predicted octanol–water partition coefficient (Wildman–Crippen LogP) is 2.68. The molecule has 0 radical (unpaired) electrons. The molecule has 0 saturated carbocycles. The van der Waals surface area contributed by atoms with Gasteiger partial charge in [0.1, 0.15) is 19.8 Å². The average molecular weight is 393 g/mol. The number of hydrogen-bond acceptors (Lipinski definition) is 5. The number of nitrogens with one attached hydrogen (secondary N) is 1. The van der Waals surface area contributed by atoms with Gasteiger partial charge >= 0.3 is 0 Å². The standard InChI is InChI=1S/C22H23N3O4/c1-14(2)22(15-7-8-19-20(11-15)29-10-9-28-19)24-21(27)13-25-17-6-4-3-5-16(17)18(26)12-23-25/h3-8,11-12,14,22H,9-10,13H2,1-2H3,(H,24,27)/t22-/m0/s1. The smallest absolute Gasteiger partial charge is 0.242 e. The van der Waals surface area contributed by atoms with Crippen LogP contribution in [0.15, 0.2) is 53.5 Å². The van der Waals surface area contributed by atoms with Gasteiger partial charge in [-0.2, -0.15) is 5.10 Å². The van der Waals surface area contributed by atoms with E-state index in [1.807, 2.05) is 24.3 Å². The van der Waals surface area contributed by atoms with Gasteiger partial charge in [0.05, 0.1) is 17.8 Å². The molecule has 1 amide bonds. The number of benzene rings is 2. The molecule has 0 spiro atoms. The van der Waals surface area contributed by atoms with Gasteiger partial charge in [0.15, 0.2) is 11.5 Å². The van der Waals surface area contributed by atoms with Crippen molar-refractivity contribution in [2.75, 3.05) is 13.2 Å². The molecule has 4 rings (SSSR count). The third kappa shape index (κ3) is 3.94. The van der Waals surface area contributed by atoms with E-state index in [1.54, 1.807) is 22.9 Å². The highest BCUT2D eigenvalue weighted by atomic mass is 16.6. The zero-order chi connectivity index (χ0) is 20.4. The van der Waals surface area contributed by atoms with Crippen molar-refractivity contribution in [3.8, 4) is 11.5 Å². The number of nitrogens with zero attached hydrogens (tertiary/aromatic N) is 2. The number of aromatic nitrogens is 2. The van der Waals surface area contributed by atoms with Crippen LogP contribution in [0.3, 0.4) is 0 Å². The second-order valence-corrected chi connectivity index (χ2v) is 7.38. The van der Waals surface area contributed by atoms with Gasteiger partial charge in [0.25, 0.3) is 0 Å². The van der Waals surface area contributed by atoms with Crippen LogP contribution in [0.1, 0.15) is 25.5 Å². The Balaban J connectivity index is 1.56. The first-order valence-corrected chi connectivity index (χ1v) is 9.66. The average Bonchev–Trinajstić information content (AvgIpc) is 2.74. The van der Waals surface area contributed by atoms with Crippen molar-refractivity contribution in [3.63, 3.8) is 0 Å². The summed E-state index contributed by atoms with van der Waals surface area (Å²) in [5, 5.41) is 7.77. The Labute approximate surface area is 168 Å². The predicted molar refractivity (Wildman–Crippen MR) is 109 cm³/mol. The van der Waals surface area contributed by atoms with E-state index in [4.69, 9.17) is 9.47 Å². The van der Waals surface area contributed by atoms with E-state index >= 15 is 0 Å². The second-order valence-electron chi connectivity index (χ2n) is 7.38. The molecule has 0 fully saturated rings. The van der Waals surface area contributed by atoms with Crippen LogP contribution in [-0.4, -0.2) is 28.9 Å². The molecule has 2 heterocycles. The van der Waals surface area contributed by atoms with Crippen molar-refractivity contribution in [1.82, 2.24) is 15.1 Å². The van der Waals surface area contributed by atoms with Crippen LogP contribution in [0.25, 0.3) is 10.9 Å². The largest absolute Gasteiger partial charge is 0.486 e. The number of carbonyl (C=O) groups is 1. The molecule has 0 saturated heterocycles. The lowest BCUT2D eigenvalue weighted by molar-refractivity contribution is -0.122. The van der Waals surface area contributed by atoms with Gasteiger partial charge in [-0.25, -0.2) is 0 Å². The van der Waals surface area contributed by atoms with Crippen LogP contribution in [0.4, 0.5) is 0 Å². The first-order chi connectivity index (χ1) is 14.0. The summed E-state index contributed by atoms with van der Waals surface area (Å²) >= 11 is 0. The number of amides is 1. The van der Waals surface area contributed by atoms with E-state index < -0.39 is 0 Å². The molecule has 1 N–H and O–H groups in total. The highest BCUT2D eigenvalue weighted by molar-refractivity contribution is 5.81. The minimum Gasteiger partial charge on any atom is -0.486 e. The van der Waals surface area contributed by atoms with Crippen LogP contribution in [0.2, 0.25) is 0 Å². The Bertz CT molecular complexity index is 1110. The summed E-state index contributed by atoms with van der Waals surface area (Å²) < 4.78 is 12.8. The highest BCUT2D eigenvalue weighted by Gasteiger charge is 2.22. The molecule has 1 aliphatic heterocycles. The normalized spacial score (nSPS) is 14.0. The van der Waals surface area contributed by atoms with Gasteiger partial charge in [-0.1, -0.05) is 32.0 Å². The van der Waals surface area contributed by atoms with Crippen LogP contribution >= 0.6 is 0 Å². The Morgan fingerprint density at radius 1 is 1.14 bits per heavy atom. The fraction of sp³-hybridized carbons (Fsp3) is 0.318. The molecule has 0 unspecified atom stereocenters. The molecule has 0 bridgehead atoms. The van der Waals surface area contributed by atoms with Crippen LogP contribution in [-0.2, 0) is 11.3 Å². The lowest BCUT2D eigenvalue weighted by atomic mass is 9.95. The molecule has 7 heteroatoms. The maximum absolute atomic E-state index is 12.8. The fourth-order valence-corrected chi connectivity index (χ4v) is 3.53. The Morgan fingerprint density at radius 3 is 2.69 bits per heavy atom. The number of para-hydroxylation sites is 1. The van der Waals surface area contributed by atoms with E-state index in [2.05, 4.69) is 24.3 Å². The molecule has 7 nitrogen and oxygen atoms in total. The summed E-state index contributed by atoms with van der Waals surface area (Å²) in [7, 11) is 0. The number of hydrogen-bond donors (Lipinski definition) is 1. The third-order valence-electron chi connectivity index (χ3n) is 4.96. The SMILES string of the molecule is CC(C)[C@H](NC(=O)Cn1ncc(=O)c2ccccc21)c1ccc2c(c1)OCCO2. The molecule has 29 heavy (non-hydrogen) atoms. The second kappa shape index (κ2) is 7.95. The molecule has 3 aromatic rings. The molecule has 150 valence electrons. The van der Waals surface area contributed by atoms with E-state index in [0.717, 1.165) is 11.3 Å². The van der Waals surface area contributed by atoms with Crippen molar-refractivity contribution < 1.29 is 14.3 Å². The molecule has 1 aliphatic rings. The fourth-order valence-electron chi connectivity index (χ4n) is 3.53. The molecular formula is C22H23N3O4. The van der Waals surface area contributed by atoms with E-state index in [1.165, 1.54) is 6.20 Å². The molecular weight excluding hydrogens is 370 g/mol. The van der Waals surface area contributed by atoms with Crippen molar-refractivity contribution in [1.29, 1.82) is 0 Å². The minimum atomic E-state index is -0.191. The lowest BCUT2D eigenvalue weighted by Gasteiger charge is -2.25. The van der Waals surface area contributed by atoms with Gasteiger partial charge in [-0.3, -0.25) is 14.3 Å². The molecule has 1 aromatic heterocycles. The number of rotatable bonds is 5. The first-order valence-electron chi connectivity index (χ1n) is 9.66. The summed E-state index contributed by atoms with van der Waals surface area (Å²) in [4.78, 5) is 24.8. The maximum atomic E-state index is 12.8. The van der Waals surface area contributed by atoms with Crippen molar-refractivity contribution >= 4 is 16.8 Å². The highest BCUT2D eigenvalue weighted by Crippen LogP contribution is 2.34. The first kappa shape index (κ1) is 19.0. The molecule has 1 atom stereocenters. The summed E-state index contributed by atoms with van der Waals surface area (Å²) in [6.07, 6.45) is 1.25. The lowest BCUT2D eigenvalue weighted by Crippen LogP contribution is -2.35. The summed E-state index contributed by atoms with van der Waals surface area (Å²) in [6, 6.07) is 12.7. The Hall–Kier alpha value is -3.35. The van der Waals surface area contributed by atoms with Gasteiger partial charge in [0, 0.05) is 5.39 Å². The molecule has 2 aromatic carbocycles. The Kier molecular flexibility index (Phi) is 5.20. The van der Waals surface area contributed by atoms with Gasteiger partial charge < -0.3 is 14.8 Å². The van der Waals surface area contributed by atoms with Gasteiger partial charge in [-0.15, -0.1) is 0 Å². The van der Waals surface area contributed by atoms with Crippen LogP contribution in [0, 0.1) is 5.92 Å². The minimum absolute atomic E-state index is 0.0224. The molecule has 0 aliphatic carbocycles.